The van der Waals surface area contributed by atoms with Crippen molar-refractivity contribution in [3.8, 4) is 0 Å². The van der Waals surface area contributed by atoms with Crippen LogP contribution in [0.2, 0.25) is 0 Å². The van der Waals surface area contributed by atoms with Crippen LogP contribution in [0.25, 0.3) is 0 Å². The van der Waals surface area contributed by atoms with Crippen molar-refractivity contribution in [1.82, 2.24) is 0 Å². The molecule has 0 radical (unpaired) electrons. The molecule has 4 N–H and O–H groups in total. The summed E-state index contributed by atoms with van der Waals surface area (Å²) < 4.78 is 0. The second-order valence-electron chi connectivity index (χ2n) is 7.63. The van der Waals surface area contributed by atoms with E-state index in [-0.39, 0.29) is 39.4 Å². The summed E-state index contributed by atoms with van der Waals surface area (Å²) >= 11 is 0. The molecule has 0 atom stereocenters. The van der Waals surface area contributed by atoms with Crippen LogP contribution < -0.4 is 0 Å². The van der Waals surface area contributed by atoms with E-state index in [1.54, 1.807) is 41.5 Å². The van der Waals surface area contributed by atoms with Crippen LogP contribution >= 0.6 is 0 Å². The minimum Gasteiger partial charge on any atom is -0.392 e. The van der Waals surface area contributed by atoms with Crippen LogP contribution in [0.15, 0.2) is 60.7 Å². The Kier molecular flexibility index (Phi) is 19.8. The third kappa shape index (κ3) is 36.8. The summed E-state index contributed by atoms with van der Waals surface area (Å²) in [5.74, 6) is 0. The molecule has 5 heteroatoms. The Morgan fingerprint density at radius 2 is 0.741 bits per heavy atom. The summed E-state index contributed by atoms with van der Waals surface area (Å²) in [4.78, 5) is 0. The molecule has 2 aromatic carbocycles. The van der Waals surface area contributed by atoms with E-state index in [0.717, 1.165) is 11.1 Å². The first kappa shape index (κ1) is 30.9. The van der Waals surface area contributed by atoms with Crippen molar-refractivity contribution in [1.29, 1.82) is 0 Å². The van der Waals surface area contributed by atoms with E-state index < -0.39 is 11.2 Å². The molecular weight excluding hydrogens is 419 g/mol. The van der Waals surface area contributed by atoms with E-state index in [0.29, 0.717) is 0 Å². The van der Waals surface area contributed by atoms with Gasteiger partial charge in [-0.15, -0.1) is 0 Å². The van der Waals surface area contributed by atoms with Crippen molar-refractivity contribution in [2.45, 2.75) is 66.0 Å². The molecule has 152 valence electrons. The van der Waals surface area contributed by atoms with Crippen LogP contribution in [0.3, 0.4) is 0 Å². The average molecular weight is 456 g/mol. The standard InChI is InChI=1S/2C7H8O.2C4H10O.Zr/c2*8-6-7-4-2-1-3-5-7;2*1-4(2,3)5;/h2*1-5,8H,6H2;2*5H,1-3H3;. The van der Waals surface area contributed by atoms with Crippen molar-refractivity contribution in [3.63, 3.8) is 0 Å². The zero-order valence-electron chi connectivity index (χ0n) is 17.5. The minimum absolute atomic E-state index is 0. The molecule has 0 aromatic heterocycles. The van der Waals surface area contributed by atoms with Crippen LogP contribution in [0.5, 0.6) is 0 Å². The van der Waals surface area contributed by atoms with Gasteiger partial charge in [-0.3, -0.25) is 0 Å². The first-order chi connectivity index (χ1) is 11.9. The molecule has 0 amide bonds. The molecule has 0 aliphatic carbocycles. The number of aliphatic hydroxyl groups is 4. The molecule has 27 heavy (non-hydrogen) atoms. The van der Waals surface area contributed by atoms with Crippen LogP contribution in [-0.4, -0.2) is 31.6 Å². The predicted molar refractivity (Wildman–Crippen MR) is 109 cm³/mol. The molecule has 2 rings (SSSR count). The second-order valence-corrected chi connectivity index (χ2v) is 7.63. The molecule has 0 unspecified atom stereocenters. The van der Waals surface area contributed by atoms with Gasteiger partial charge in [0.2, 0.25) is 0 Å². The summed E-state index contributed by atoms with van der Waals surface area (Å²) in [5.41, 5.74) is 0.931. The first-order valence-electron chi connectivity index (χ1n) is 8.61. The zero-order valence-corrected chi connectivity index (χ0v) is 19.9. The Labute approximate surface area is 184 Å². The van der Waals surface area contributed by atoms with Crippen molar-refractivity contribution in [3.05, 3.63) is 71.8 Å². The summed E-state index contributed by atoms with van der Waals surface area (Å²) in [5, 5.41) is 34.1. The summed E-state index contributed by atoms with van der Waals surface area (Å²) in [7, 11) is 0. The molecule has 0 heterocycles. The Hall–Kier alpha value is -0.837. The Bertz CT molecular complexity index is 468. The third-order valence-electron chi connectivity index (χ3n) is 2.05. The Morgan fingerprint density at radius 3 is 0.852 bits per heavy atom. The fourth-order valence-corrected chi connectivity index (χ4v) is 1.17. The van der Waals surface area contributed by atoms with Crippen molar-refractivity contribution in [2.24, 2.45) is 0 Å². The third-order valence-corrected chi connectivity index (χ3v) is 2.05. The monoisotopic (exact) mass is 454 g/mol. The van der Waals surface area contributed by atoms with Gasteiger partial charge in [-0.2, -0.15) is 0 Å². The van der Waals surface area contributed by atoms with Crippen LogP contribution in [-0.2, 0) is 39.4 Å². The predicted octanol–water partition coefficient (Wildman–Crippen LogP) is 3.91. The van der Waals surface area contributed by atoms with Gasteiger partial charge in [0.25, 0.3) is 0 Å². The molecule has 0 fully saturated rings. The van der Waals surface area contributed by atoms with E-state index in [1.807, 2.05) is 60.7 Å². The van der Waals surface area contributed by atoms with Gasteiger partial charge in [-0.1, -0.05) is 60.7 Å². The zero-order chi connectivity index (χ0) is 20.6. The second kappa shape index (κ2) is 17.3. The summed E-state index contributed by atoms with van der Waals surface area (Å²) in [6.45, 7) is 10.7. The molecule has 0 saturated carbocycles. The van der Waals surface area contributed by atoms with Gasteiger partial charge in [0, 0.05) is 26.2 Å². The number of rotatable bonds is 2. The van der Waals surface area contributed by atoms with Gasteiger partial charge in [-0.25, -0.2) is 0 Å². The number of hydrogen-bond acceptors (Lipinski definition) is 4. The van der Waals surface area contributed by atoms with E-state index in [2.05, 4.69) is 0 Å². The molecule has 0 aliphatic heterocycles. The topological polar surface area (TPSA) is 80.9 Å². The molecule has 0 spiro atoms. The number of aliphatic hydroxyl groups excluding tert-OH is 2. The van der Waals surface area contributed by atoms with Gasteiger partial charge < -0.3 is 20.4 Å². The number of hydrogen-bond donors (Lipinski definition) is 4. The van der Waals surface area contributed by atoms with Crippen molar-refractivity contribution < 1.29 is 46.6 Å². The largest absolute Gasteiger partial charge is 0.392 e. The summed E-state index contributed by atoms with van der Waals surface area (Å²) in [6.07, 6.45) is 0. The van der Waals surface area contributed by atoms with Crippen LogP contribution in [0.4, 0.5) is 0 Å². The molecule has 2 aromatic rings. The molecule has 0 saturated heterocycles. The van der Waals surface area contributed by atoms with Crippen LogP contribution in [0.1, 0.15) is 52.7 Å². The Morgan fingerprint density at radius 1 is 0.556 bits per heavy atom. The van der Waals surface area contributed by atoms with Gasteiger partial charge in [0.05, 0.1) is 24.4 Å². The maximum absolute atomic E-state index is 8.54. The van der Waals surface area contributed by atoms with E-state index in [4.69, 9.17) is 20.4 Å². The number of benzene rings is 2. The van der Waals surface area contributed by atoms with Gasteiger partial charge in [0.15, 0.2) is 0 Å². The normalized spacial score (nSPS) is 9.85. The first-order valence-corrected chi connectivity index (χ1v) is 8.61. The fraction of sp³-hybridized carbons (Fsp3) is 0.455. The molecular formula is C22H36O4Zr. The van der Waals surface area contributed by atoms with Gasteiger partial charge >= 0.3 is 0 Å². The molecule has 4 nitrogen and oxygen atoms in total. The smallest absolute Gasteiger partial charge is 0.0681 e. The van der Waals surface area contributed by atoms with Crippen molar-refractivity contribution in [2.75, 3.05) is 0 Å². The maximum atomic E-state index is 8.54. The molecule has 0 aliphatic rings. The maximum Gasteiger partial charge on any atom is 0.0681 e. The summed E-state index contributed by atoms with van der Waals surface area (Å²) in [6, 6.07) is 19.0. The molecule has 0 bridgehead atoms. The van der Waals surface area contributed by atoms with E-state index in [1.165, 1.54) is 0 Å². The fourth-order valence-electron chi connectivity index (χ4n) is 1.17. The van der Waals surface area contributed by atoms with Gasteiger partial charge in [0.1, 0.15) is 0 Å². The quantitative estimate of drug-likeness (QED) is 0.553. The van der Waals surface area contributed by atoms with Crippen LogP contribution in [0, 0.1) is 0 Å². The average Bonchev–Trinajstić information content (AvgIpc) is 2.54. The van der Waals surface area contributed by atoms with E-state index in [9.17, 15) is 0 Å². The van der Waals surface area contributed by atoms with Gasteiger partial charge in [-0.05, 0) is 52.7 Å². The van der Waals surface area contributed by atoms with E-state index >= 15 is 0 Å². The minimum atomic E-state index is -0.500. The SMILES string of the molecule is CC(C)(C)O.CC(C)(C)O.OCc1ccccc1.OCc1ccccc1.[Zr]. The Balaban J connectivity index is -0.000000289. The van der Waals surface area contributed by atoms with Crippen molar-refractivity contribution >= 4 is 0 Å².